The Kier molecular flexibility index (Phi) is 5.28. The van der Waals surface area contributed by atoms with Crippen LogP contribution in [0.2, 0.25) is 0 Å². The zero-order valence-corrected chi connectivity index (χ0v) is 12.5. The van der Waals surface area contributed by atoms with E-state index in [2.05, 4.69) is 10.9 Å². The van der Waals surface area contributed by atoms with E-state index in [0.717, 1.165) is 0 Å². The quantitative estimate of drug-likeness (QED) is 0.674. The van der Waals surface area contributed by atoms with E-state index in [0.29, 0.717) is 24.9 Å². The molecule has 1 saturated heterocycles. The molecule has 5 N–H and O–H groups in total. The van der Waals surface area contributed by atoms with Crippen LogP contribution in [-0.2, 0) is 16.8 Å². The third kappa shape index (κ3) is 3.82. The summed E-state index contributed by atoms with van der Waals surface area (Å²) in [4.78, 5) is 10.7. The molecular weight excluding hydrogens is 311 g/mol. The molecule has 1 aliphatic heterocycles. The third-order valence-electron chi connectivity index (χ3n) is 4.11. The van der Waals surface area contributed by atoms with Gasteiger partial charge in [-0.15, -0.1) is 0 Å². The average Bonchev–Trinajstić information content (AvgIpc) is 2.74. The van der Waals surface area contributed by atoms with Crippen LogP contribution < -0.4 is 16.6 Å². The minimum absolute atomic E-state index is 0.0580. The van der Waals surface area contributed by atoms with Crippen LogP contribution in [0.4, 0.5) is 13.2 Å². The lowest BCUT2D eigenvalue weighted by Crippen LogP contribution is -2.57. The molecule has 8 heteroatoms. The standard InChI is InChI=1S/C15H20F3N3O2/c16-15(17,18)14(7-1-2-8-20-21-14)11-5-3-10(4-6-11)9-12(19)13(22)23/h3-6,12,20-21H,1-2,7-9,19H2,(H,22,23)/t12-,14?/m1/s1. The Balaban J connectivity index is 2.28. The van der Waals surface area contributed by atoms with Crippen LogP contribution >= 0.6 is 0 Å². The molecule has 1 heterocycles. The van der Waals surface area contributed by atoms with Crippen molar-refractivity contribution in [2.24, 2.45) is 5.73 Å². The van der Waals surface area contributed by atoms with Gasteiger partial charge in [-0.1, -0.05) is 24.3 Å². The van der Waals surface area contributed by atoms with Crippen LogP contribution in [0, 0.1) is 0 Å². The summed E-state index contributed by atoms with van der Waals surface area (Å²) in [6.07, 6.45) is -3.33. The predicted molar refractivity (Wildman–Crippen MR) is 78.5 cm³/mol. The summed E-state index contributed by atoms with van der Waals surface area (Å²) >= 11 is 0. The first-order valence-electron chi connectivity index (χ1n) is 7.41. The summed E-state index contributed by atoms with van der Waals surface area (Å²) in [6, 6.07) is 4.70. The fourth-order valence-electron chi connectivity index (χ4n) is 2.74. The normalized spacial score (nSPS) is 24.0. The van der Waals surface area contributed by atoms with Crippen molar-refractivity contribution >= 4 is 5.97 Å². The number of hydrazine groups is 1. The molecule has 23 heavy (non-hydrogen) atoms. The number of nitrogens with two attached hydrogens (primary N) is 1. The van der Waals surface area contributed by atoms with Gasteiger partial charge in [0, 0.05) is 6.54 Å². The van der Waals surface area contributed by atoms with E-state index in [9.17, 15) is 18.0 Å². The lowest BCUT2D eigenvalue weighted by molar-refractivity contribution is -0.205. The fourth-order valence-corrected chi connectivity index (χ4v) is 2.74. The Morgan fingerprint density at radius 1 is 1.30 bits per heavy atom. The zero-order chi connectivity index (χ0) is 17.1. The summed E-state index contributed by atoms with van der Waals surface area (Å²) < 4.78 is 41.0. The molecule has 2 rings (SSSR count). The Bertz CT molecular complexity index is 538. The van der Waals surface area contributed by atoms with Crippen molar-refractivity contribution in [3.05, 3.63) is 35.4 Å². The SMILES string of the molecule is N[C@H](Cc1ccc(C2(C(F)(F)F)CCCCNN2)cc1)C(=O)O. The number of alkyl halides is 3. The van der Waals surface area contributed by atoms with Crippen LogP contribution in [0.1, 0.15) is 30.4 Å². The number of halogens is 3. The molecule has 1 fully saturated rings. The van der Waals surface area contributed by atoms with Gasteiger partial charge in [0.15, 0.2) is 5.54 Å². The highest BCUT2D eigenvalue weighted by Gasteiger charge is 2.55. The Morgan fingerprint density at radius 3 is 2.52 bits per heavy atom. The summed E-state index contributed by atoms with van der Waals surface area (Å²) in [5, 5.41) is 8.79. The molecule has 1 aromatic carbocycles. The van der Waals surface area contributed by atoms with Crippen molar-refractivity contribution in [3.8, 4) is 0 Å². The highest BCUT2D eigenvalue weighted by Crippen LogP contribution is 2.43. The molecule has 0 radical (unpaired) electrons. The van der Waals surface area contributed by atoms with Crippen molar-refractivity contribution < 1.29 is 23.1 Å². The average molecular weight is 331 g/mol. The topological polar surface area (TPSA) is 87.4 Å². The number of hydrogen-bond acceptors (Lipinski definition) is 4. The molecule has 0 amide bonds. The third-order valence-corrected chi connectivity index (χ3v) is 4.11. The molecule has 0 saturated carbocycles. The summed E-state index contributed by atoms with van der Waals surface area (Å²) in [6.45, 7) is 0.476. The van der Waals surface area contributed by atoms with Crippen molar-refractivity contribution in [2.45, 2.75) is 43.4 Å². The van der Waals surface area contributed by atoms with E-state index < -0.39 is 23.7 Å². The van der Waals surface area contributed by atoms with Gasteiger partial charge >= 0.3 is 12.1 Å². The second kappa shape index (κ2) is 6.86. The highest BCUT2D eigenvalue weighted by molar-refractivity contribution is 5.73. The lowest BCUT2D eigenvalue weighted by atomic mass is 9.84. The molecule has 1 unspecified atom stereocenters. The number of benzene rings is 1. The summed E-state index contributed by atoms with van der Waals surface area (Å²) in [5.41, 5.74) is 9.06. The number of carbonyl (C=O) groups is 1. The van der Waals surface area contributed by atoms with Gasteiger partial charge in [-0.3, -0.25) is 10.2 Å². The Morgan fingerprint density at radius 2 is 1.96 bits per heavy atom. The second-order valence-corrected chi connectivity index (χ2v) is 5.76. The fraction of sp³-hybridized carbons (Fsp3) is 0.533. The monoisotopic (exact) mass is 331 g/mol. The molecular formula is C15H20F3N3O2. The summed E-state index contributed by atoms with van der Waals surface area (Å²) in [7, 11) is 0. The van der Waals surface area contributed by atoms with Crippen molar-refractivity contribution in [2.75, 3.05) is 6.54 Å². The van der Waals surface area contributed by atoms with Gasteiger partial charge in [0.1, 0.15) is 6.04 Å². The van der Waals surface area contributed by atoms with E-state index in [1.165, 1.54) is 24.3 Å². The molecule has 5 nitrogen and oxygen atoms in total. The van der Waals surface area contributed by atoms with Crippen LogP contribution in [0.5, 0.6) is 0 Å². The van der Waals surface area contributed by atoms with Gasteiger partial charge in [-0.2, -0.15) is 13.2 Å². The second-order valence-electron chi connectivity index (χ2n) is 5.76. The van der Waals surface area contributed by atoms with E-state index >= 15 is 0 Å². The number of carboxylic acids is 1. The van der Waals surface area contributed by atoms with Gasteiger partial charge < -0.3 is 10.8 Å². The van der Waals surface area contributed by atoms with Gasteiger partial charge in [-0.25, -0.2) is 5.43 Å². The van der Waals surface area contributed by atoms with Crippen molar-refractivity contribution in [1.29, 1.82) is 0 Å². The first-order valence-corrected chi connectivity index (χ1v) is 7.41. The van der Waals surface area contributed by atoms with E-state index in [1.807, 2.05) is 0 Å². The Hall–Kier alpha value is -1.64. The number of aliphatic carboxylic acids is 1. The van der Waals surface area contributed by atoms with Gasteiger partial charge in [-0.05, 0) is 36.8 Å². The molecule has 0 spiro atoms. The van der Waals surface area contributed by atoms with Crippen LogP contribution in [-0.4, -0.2) is 29.8 Å². The van der Waals surface area contributed by atoms with E-state index in [1.54, 1.807) is 0 Å². The predicted octanol–water partition coefficient (Wildman–Crippen LogP) is 1.68. The maximum absolute atomic E-state index is 13.7. The molecule has 0 aromatic heterocycles. The lowest BCUT2D eigenvalue weighted by Gasteiger charge is -2.36. The maximum atomic E-state index is 13.7. The number of nitrogens with one attached hydrogen (secondary N) is 2. The maximum Gasteiger partial charge on any atom is 0.412 e. The summed E-state index contributed by atoms with van der Waals surface area (Å²) in [5.74, 6) is -1.14. The van der Waals surface area contributed by atoms with Crippen LogP contribution in [0.15, 0.2) is 24.3 Å². The molecule has 1 aromatic rings. The molecule has 0 aliphatic carbocycles. The smallest absolute Gasteiger partial charge is 0.412 e. The molecule has 128 valence electrons. The van der Waals surface area contributed by atoms with Crippen molar-refractivity contribution in [1.82, 2.24) is 10.9 Å². The van der Waals surface area contributed by atoms with E-state index in [-0.39, 0.29) is 18.4 Å². The number of rotatable bonds is 4. The van der Waals surface area contributed by atoms with Crippen molar-refractivity contribution in [3.63, 3.8) is 0 Å². The van der Waals surface area contributed by atoms with Gasteiger partial charge in [0.2, 0.25) is 0 Å². The molecule has 2 atom stereocenters. The van der Waals surface area contributed by atoms with E-state index in [4.69, 9.17) is 10.8 Å². The minimum atomic E-state index is -4.46. The number of carboxylic acid groups (broad SMARTS) is 1. The van der Waals surface area contributed by atoms with Crippen LogP contribution in [0.25, 0.3) is 0 Å². The highest BCUT2D eigenvalue weighted by atomic mass is 19.4. The number of hydrogen-bond donors (Lipinski definition) is 4. The first-order chi connectivity index (χ1) is 10.8. The minimum Gasteiger partial charge on any atom is -0.480 e. The van der Waals surface area contributed by atoms with Gasteiger partial charge in [0.05, 0.1) is 0 Å². The van der Waals surface area contributed by atoms with Crippen LogP contribution in [0.3, 0.4) is 0 Å². The first kappa shape index (κ1) is 17.7. The van der Waals surface area contributed by atoms with Gasteiger partial charge in [0.25, 0.3) is 0 Å². The largest absolute Gasteiger partial charge is 0.480 e. The Labute approximate surface area is 132 Å². The molecule has 1 aliphatic rings. The zero-order valence-electron chi connectivity index (χ0n) is 12.5. The molecule has 0 bridgehead atoms.